The molecule has 4 heteroatoms. The van der Waals surface area contributed by atoms with Crippen molar-refractivity contribution in [3.8, 4) is 17.3 Å². The van der Waals surface area contributed by atoms with E-state index in [-0.39, 0.29) is 0 Å². The molecule has 0 aliphatic rings. The van der Waals surface area contributed by atoms with Crippen LogP contribution in [0.2, 0.25) is 0 Å². The molecule has 0 atom stereocenters. The number of anilines is 1. The molecule has 0 saturated carbocycles. The summed E-state index contributed by atoms with van der Waals surface area (Å²) in [5.74, 6) is 0.664. The van der Waals surface area contributed by atoms with Gasteiger partial charge in [-0.25, -0.2) is 4.98 Å². The van der Waals surface area contributed by atoms with Gasteiger partial charge < -0.3 is 10.2 Å². The number of nitrogens with one attached hydrogen (secondary N) is 1. The van der Waals surface area contributed by atoms with Crippen LogP contribution in [0.15, 0.2) is 42.5 Å². The lowest BCUT2D eigenvalue weighted by atomic mass is 10.1. The van der Waals surface area contributed by atoms with Crippen LogP contribution in [-0.4, -0.2) is 37.1 Å². The average Bonchev–Trinajstić information content (AvgIpc) is 2.52. The van der Waals surface area contributed by atoms with Gasteiger partial charge in [0.15, 0.2) is 0 Å². The first-order valence-electron chi connectivity index (χ1n) is 7.06. The van der Waals surface area contributed by atoms with Gasteiger partial charge in [-0.05, 0) is 39.2 Å². The van der Waals surface area contributed by atoms with E-state index in [0.29, 0.717) is 11.4 Å². The summed E-state index contributed by atoms with van der Waals surface area (Å²) in [7, 11) is 4.10. The Morgan fingerprint density at radius 2 is 1.90 bits per heavy atom. The molecule has 0 aliphatic carbocycles. The van der Waals surface area contributed by atoms with E-state index in [4.69, 9.17) is 0 Å². The van der Waals surface area contributed by atoms with Crippen LogP contribution in [0, 0.1) is 11.3 Å². The maximum Gasteiger partial charge on any atom is 0.144 e. The Morgan fingerprint density at radius 3 is 2.57 bits per heavy atom. The van der Waals surface area contributed by atoms with Gasteiger partial charge in [0.05, 0.1) is 11.3 Å². The van der Waals surface area contributed by atoms with Crippen molar-refractivity contribution in [2.45, 2.75) is 6.42 Å². The van der Waals surface area contributed by atoms with Crippen molar-refractivity contribution in [2.24, 2.45) is 0 Å². The summed E-state index contributed by atoms with van der Waals surface area (Å²) in [6.07, 6.45) is 1.01. The molecule has 2 rings (SSSR count). The van der Waals surface area contributed by atoms with Crippen LogP contribution in [-0.2, 0) is 0 Å². The summed E-state index contributed by atoms with van der Waals surface area (Å²) >= 11 is 0. The monoisotopic (exact) mass is 280 g/mol. The van der Waals surface area contributed by atoms with Crippen molar-refractivity contribution in [1.82, 2.24) is 9.88 Å². The van der Waals surface area contributed by atoms with Crippen LogP contribution in [0.4, 0.5) is 5.82 Å². The molecule has 0 bridgehead atoms. The van der Waals surface area contributed by atoms with Gasteiger partial charge in [0.1, 0.15) is 11.9 Å². The maximum absolute atomic E-state index is 9.19. The maximum atomic E-state index is 9.19. The molecule has 1 heterocycles. The minimum Gasteiger partial charge on any atom is -0.369 e. The van der Waals surface area contributed by atoms with E-state index >= 15 is 0 Å². The van der Waals surface area contributed by atoms with Gasteiger partial charge in [0.25, 0.3) is 0 Å². The number of pyridine rings is 1. The van der Waals surface area contributed by atoms with Crippen LogP contribution in [0.25, 0.3) is 11.3 Å². The zero-order chi connectivity index (χ0) is 15.1. The molecule has 21 heavy (non-hydrogen) atoms. The second kappa shape index (κ2) is 7.41. The molecule has 0 saturated heterocycles. The topological polar surface area (TPSA) is 52.0 Å². The molecule has 1 aromatic heterocycles. The third kappa shape index (κ3) is 4.30. The molecule has 1 N–H and O–H groups in total. The summed E-state index contributed by atoms with van der Waals surface area (Å²) in [4.78, 5) is 6.72. The number of rotatable bonds is 6. The molecule has 0 spiro atoms. The lowest BCUT2D eigenvalue weighted by Crippen LogP contribution is -2.17. The van der Waals surface area contributed by atoms with Crippen LogP contribution >= 0.6 is 0 Å². The number of benzene rings is 1. The first-order valence-corrected chi connectivity index (χ1v) is 7.06. The van der Waals surface area contributed by atoms with Crippen LogP contribution in [0.1, 0.15) is 12.0 Å². The van der Waals surface area contributed by atoms with E-state index < -0.39 is 0 Å². The zero-order valence-electron chi connectivity index (χ0n) is 12.5. The fraction of sp³-hybridized carbons (Fsp3) is 0.294. The Hall–Kier alpha value is -2.38. The van der Waals surface area contributed by atoms with Gasteiger partial charge in [-0.2, -0.15) is 5.26 Å². The molecular weight excluding hydrogens is 260 g/mol. The van der Waals surface area contributed by atoms with E-state index in [1.807, 2.05) is 42.5 Å². The Kier molecular flexibility index (Phi) is 5.30. The predicted octanol–water partition coefficient (Wildman–Crippen LogP) is 2.98. The second-order valence-electron chi connectivity index (χ2n) is 5.15. The van der Waals surface area contributed by atoms with Crippen molar-refractivity contribution >= 4 is 5.82 Å². The summed E-state index contributed by atoms with van der Waals surface area (Å²) in [5, 5.41) is 12.5. The molecule has 0 aliphatic heterocycles. The smallest absolute Gasteiger partial charge is 0.144 e. The molecule has 0 radical (unpaired) electrons. The van der Waals surface area contributed by atoms with Gasteiger partial charge in [0, 0.05) is 12.1 Å². The molecule has 4 nitrogen and oxygen atoms in total. The van der Waals surface area contributed by atoms with Gasteiger partial charge in [-0.15, -0.1) is 0 Å². The van der Waals surface area contributed by atoms with E-state index in [2.05, 4.69) is 35.4 Å². The molecule has 2 aromatic rings. The Balaban J connectivity index is 2.13. The standard InChI is InChI=1S/C17H20N4/c1-21(2)12-6-11-19-17-15(13-18)9-10-16(20-17)14-7-4-3-5-8-14/h3-5,7-10H,6,11-12H2,1-2H3,(H,19,20). The Labute approximate surface area is 126 Å². The Morgan fingerprint density at radius 1 is 1.14 bits per heavy atom. The Bertz CT molecular complexity index is 614. The molecule has 0 unspecified atom stereocenters. The number of nitriles is 1. The van der Waals surface area contributed by atoms with Crippen molar-refractivity contribution < 1.29 is 0 Å². The third-order valence-corrected chi connectivity index (χ3v) is 3.16. The molecule has 108 valence electrons. The molecule has 0 amide bonds. The first kappa shape index (κ1) is 15.0. The van der Waals surface area contributed by atoms with Crippen LogP contribution in [0.3, 0.4) is 0 Å². The second-order valence-corrected chi connectivity index (χ2v) is 5.15. The number of nitrogens with zero attached hydrogens (tertiary/aromatic N) is 3. The SMILES string of the molecule is CN(C)CCCNc1nc(-c2ccccc2)ccc1C#N. The van der Waals surface area contributed by atoms with Crippen molar-refractivity contribution in [1.29, 1.82) is 5.26 Å². The highest BCUT2D eigenvalue weighted by Crippen LogP contribution is 2.21. The normalized spacial score (nSPS) is 10.4. The highest BCUT2D eigenvalue weighted by Gasteiger charge is 2.06. The van der Waals surface area contributed by atoms with Crippen LogP contribution < -0.4 is 5.32 Å². The van der Waals surface area contributed by atoms with Crippen molar-refractivity contribution in [3.63, 3.8) is 0 Å². The lowest BCUT2D eigenvalue weighted by molar-refractivity contribution is 0.405. The van der Waals surface area contributed by atoms with Gasteiger partial charge in [0.2, 0.25) is 0 Å². The van der Waals surface area contributed by atoms with Gasteiger partial charge in [-0.3, -0.25) is 0 Å². The summed E-state index contributed by atoms with van der Waals surface area (Å²) in [6.45, 7) is 1.81. The largest absolute Gasteiger partial charge is 0.369 e. The highest BCUT2D eigenvalue weighted by atomic mass is 15.1. The predicted molar refractivity (Wildman–Crippen MR) is 86.0 cm³/mol. The zero-order valence-corrected chi connectivity index (χ0v) is 12.5. The number of hydrogen-bond acceptors (Lipinski definition) is 4. The minimum absolute atomic E-state index is 0.583. The van der Waals surface area contributed by atoms with Crippen LogP contribution in [0.5, 0.6) is 0 Å². The van der Waals surface area contributed by atoms with E-state index in [9.17, 15) is 5.26 Å². The molecule has 1 aromatic carbocycles. The minimum atomic E-state index is 0.583. The number of aromatic nitrogens is 1. The molecular formula is C17H20N4. The van der Waals surface area contributed by atoms with Crippen molar-refractivity contribution in [3.05, 3.63) is 48.0 Å². The highest BCUT2D eigenvalue weighted by molar-refractivity contribution is 5.64. The van der Waals surface area contributed by atoms with E-state index in [1.54, 1.807) is 0 Å². The van der Waals surface area contributed by atoms with Gasteiger partial charge in [-0.1, -0.05) is 30.3 Å². The number of hydrogen-bond donors (Lipinski definition) is 1. The fourth-order valence-electron chi connectivity index (χ4n) is 2.06. The van der Waals surface area contributed by atoms with Crippen molar-refractivity contribution in [2.75, 3.05) is 32.5 Å². The summed E-state index contributed by atoms with van der Waals surface area (Å²) in [6, 6.07) is 15.9. The van der Waals surface area contributed by atoms with E-state index in [1.165, 1.54) is 0 Å². The molecule has 0 fully saturated rings. The lowest BCUT2D eigenvalue weighted by Gasteiger charge is -2.12. The summed E-state index contributed by atoms with van der Waals surface area (Å²) < 4.78 is 0. The van der Waals surface area contributed by atoms with E-state index in [0.717, 1.165) is 30.8 Å². The third-order valence-electron chi connectivity index (χ3n) is 3.16. The average molecular weight is 280 g/mol. The fourth-order valence-corrected chi connectivity index (χ4v) is 2.06. The summed E-state index contributed by atoms with van der Waals surface area (Å²) in [5.41, 5.74) is 2.52. The first-order chi connectivity index (χ1) is 10.2. The van der Waals surface area contributed by atoms with Gasteiger partial charge >= 0.3 is 0 Å². The quantitative estimate of drug-likeness (QED) is 0.826.